The second-order valence-corrected chi connectivity index (χ2v) is 13.4. The summed E-state index contributed by atoms with van der Waals surface area (Å²) in [6.45, 7) is 4.15. The van der Waals surface area contributed by atoms with Crippen molar-refractivity contribution in [3.63, 3.8) is 0 Å². The number of rotatable bonds is 4. The van der Waals surface area contributed by atoms with Gasteiger partial charge in [-0.3, -0.25) is 0 Å². The van der Waals surface area contributed by atoms with Gasteiger partial charge in [0.1, 0.15) is 6.61 Å². The van der Waals surface area contributed by atoms with E-state index in [-0.39, 0.29) is 49.1 Å². The second kappa shape index (κ2) is 9.22. The molecule has 2 aliphatic heterocycles. The fourth-order valence-electron chi connectivity index (χ4n) is 9.67. The summed E-state index contributed by atoms with van der Waals surface area (Å²) in [4.78, 5) is 24.1. The number of esters is 2. The summed E-state index contributed by atoms with van der Waals surface area (Å²) in [7, 11) is 1.20. The summed E-state index contributed by atoms with van der Waals surface area (Å²) in [5, 5.41) is 46.7. The van der Waals surface area contributed by atoms with Crippen LogP contribution in [-0.2, 0) is 28.5 Å². The van der Waals surface area contributed by atoms with Crippen molar-refractivity contribution in [3.05, 3.63) is 11.6 Å². The molecule has 2 heterocycles. The highest BCUT2D eigenvalue weighted by Crippen LogP contribution is 2.68. The number of carbonyl (C=O) groups is 2. The number of hydrogen-bond donors (Lipinski definition) is 4. The van der Waals surface area contributed by atoms with E-state index in [4.69, 9.17) is 18.9 Å². The van der Waals surface area contributed by atoms with Gasteiger partial charge >= 0.3 is 11.9 Å². The molecule has 0 spiro atoms. The van der Waals surface area contributed by atoms with Crippen molar-refractivity contribution < 1.29 is 49.0 Å². The van der Waals surface area contributed by atoms with E-state index >= 15 is 0 Å². The summed E-state index contributed by atoms with van der Waals surface area (Å²) in [6.07, 6.45) is 2.85. The van der Waals surface area contributed by atoms with Gasteiger partial charge in [0, 0.05) is 24.3 Å². The molecule has 12 atom stereocenters. The van der Waals surface area contributed by atoms with Gasteiger partial charge in [-0.1, -0.05) is 6.92 Å². The molecule has 0 amide bonds. The number of aliphatic hydroxyl groups excluding tert-OH is 1. The van der Waals surface area contributed by atoms with Crippen LogP contribution in [0.5, 0.6) is 0 Å². The molecule has 4 N–H and O–H groups in total. The van der Waals surface area contributed by atoms with Crippen LogP contribution >= 0.6 is 0 Å². The Kier molecular flexibility index (Phi) is 6.53. The van der Waals surface area contributed by atoms with E-state index < -0.39 is 52.8 Å². The Labute approximate surface area is 228 Å². The van der Waals surface area contributed by atoms with Gasteiger partial charge in [-0.15, -0.1) is 0 Å². The summed E-state index contributed by atoms with van der Waals surface area (Å²) in [5.41, 5.74) is -3.54. The average molecular weight is 551 g/mol. The lowest BCUT2D eigenvalue weighted by Gasteiger charge is -2.63. The van der Waals surface area contributed by atoms with Gasteiger partial charge in [0.25, 0.3) is 0 Å². The van der Waals surface area contributed by atoms with E-state index in [1.54, 1.807) is 13.0 Å². The Morgan fingerprint density at radius 2 is 1.85 bits per heavy atom. The second-order valence-electron chi connectivity index (χ2n) is 13.4. The maximum absolute atomic E-state index is 12.3. The monoisotopic (exact) mass is 550 g/mol. The Balaban J connectivity index is 1.20. The molecule has 0 radical (unpaired) electrons. The predicted molar refractivity (Wildman–Crippen MR) is 135 cm³/mol. The normalized spacial score (nSPS) is 52.9. The molecular weight excluding hydrogens is 508 g/mol. The zero-order valence-electron chi connectivity index (χ0n) is 23.0. The zero-order chi connectivity index (χ0) is 28.0. The largest absolute Gasteiger partial charge is 0.467 e. The molecular formula is C29H42O10. The van der Waals surface area contributed by atoms with Crippen molar-refractivity contribution in [2.24, 2.45) is 29.1 Å². The van der Waals surface area contributed by atoms with Crippen LogP contribution in [-0.4, -0.2) is 87.5 Å². The first-order valence-corrected chi connectivity index (χ1v) is 14.5. The molecule has 218 valence electrons. The number of aliphatic hydroxyl groups is 4. The number of ether oxygens (including phenoxy) is 4. The Morgan fingerprint density at radius 3 is 2.54 bits per heavy atom. The van der Waals surface area contributed by atoms with Crippen molar-refractivity contribution in [1.29, 1.82) is 0 Å². The molecule has 0 aromatic carbocycles. The number of carbonyl (C=O) groups excluding carboxylic acids is 2. The maximum Gasteiger partial charge on any atom is 0.343 e. The minimum atomic E-state index is -1.96. The fraction of sp³-hybridized carbons (Fsp3) is 0.862. The first kappa shape index (κ1) is 27.6. The third kappa shape index (κ3) is 3.89. The highest BCUT2D eigenvalue weighted by atomic mass is 16.7. The molecule has 5 fully saturated rings. The molecule has 10 nitrogen and oxygen atoms in total. The Bertz CT molecular complexity index is 1060. The van der Waals surface area contributed by atoms with Gasteiger partial charge in [-0.2, -0.15) is 0 Å². The van der Waals surface area contributed by atoms with E-state index in [0.717, 1.165) is 24.8 Å². The average Bonchev–Trinajstić information content (AvgIpc) is 3.52. The SMILES string of the molecule is COC(=O)C1(O)CC(C)OC1OC1CC2CCC3C(CCC4(C)C(C5=CC(=O)OC5)CCC34O)C2(O)CC1O. The highest BCUT2D eigenvalue weighted by Gasteiger charge is 2.69. The van der Waals surface area contributed by atoms with Crippen LogP contribution in [0.25, 0.3) is 0 Å². The maximum atomic E-state index is 12.3. The van der Waals surface area contributed by atoms with Gasteiger partial charge < -0.3 is 39.4 Å². The number of fused-ring (bicyclic) bond motifs is 5. The number of hydrogen-bond acceptors (Lipinski definition) is 10. The smallest absolute Gasteiger partial charge is 0.343 e. The molecule has 0 aromatic heterocycles. The molecule has 4 saturated carbocycles. The number of methoxy groups -OCH3 is 1. The summed E-state index contributed by atoms with van der Waals surface area (Å²) in [6, 6.07) is 0. The minimum absolute atomic E-state index is 0.0276. The Hall–Kier alpha value is -1.56. The molecule has 39 heavy (non-hydrogen) atoms. The van der Waals surface area contributed by atoms with Crippen molar-refractivity contribution in [2.75, 3.05) is 13.7 Å². The van der Waals surface area contributed by atoms with Crippen molar-refractivity contribution in [1.82, 2.24) is 0 Å². The summed E-state index contributed by atoms with van der Waals surface area (Å²) in [5.74, 6) is -1.53. The van der Waals surface area contributed by atoms with E-state index in [1.165, 1.54) is 7.11 Å². The quantitative estimate of drug-likeness (QED) is 0.378. The Morgan fingerprint density at radius 1 is 1.08 bits per heavy atom. The van der Waals surface area contributed by atoms with Gasteiger partial charge in [0.2, 0.25) is 5.60 Å². The third-order valence-electron chi connectivity index (χ3n) is 11.6. The first-order chi connectivity index (χ1) is 18.4. The zero-order valence-corrected chi connectivity index (χ0v) is 23.0. The van der Waals surface area contributed by atoms with Crippen LogP contribution in [0.2, 0.25) is 0 Å². The molecule has 12 unspecified atom stereocenters. The van der Waals surface area contributed by atoms with E-state index in [9.17, 15) is 30.0 Å². The molecule has 10 heteroatoms. The van der Waals surface area contributed by atoms with Crippen LogP contribution in [0.4, 0.5) is 0 Å². The van der Waals surface area contributed by atoms with Crippen molar-refractivity contribution >= 4 is 11.9 Å². The molecule has 0 aromatic rings. The molecule has 0 bridgehead atoms. The van der Waals surface area contributed by atoms with Gasteiger partial charge in [-0.25, -0.2) is 9.59 Å². The summed E-state index contributed by atoms with van der Waals surface area (Å²) < 4.78 is 21.8. The van der Waals surface area contributed by atoms with E-state index in [0.29, 0.717) is 25.7 Å². The fourth-order valence-corrected chi connectivity index (χ4v) is 9.67. The predicted octanol–water partition coefficient (Wildman–Crippen LogP) is 1.36. The van der Waals surface area contributed by atoms with Crippen molar-refractivity contribution in [3.8, 4) is 0 Å². The van der Waals surface area contributed by atoms with Crippen LogP contribution in [0.1, 0.15) is 71.6 Å². The summed E-state index contributed by atoms with van der Waals surface area (Å²) >= 11 is 0. The van der Waals surface area contributed by atoms with Crippen molar-refractivity contribution in [2.45, 2.75) is 113 Å². The minimum Gasteiger partial charge on any atom is -0.467 e. The molecule has 4 aliphatic carbocycles. The first-order valence-electron chi connectivity index (χ1n) is 14.5. The van der Waals surface area contributed by atoms with Crippen LogP contribution in [0.3, 0.4) is 0 Å². The lowest BCUT2D eigenvalue weighted by Crippen LogP contribution is -2.67. The standard InChI is InChI=1S/C29H42O10/c1-15-12-28(34,24(32)36-3)25(38-15)39-22-11-17-4-5-20-19(27(17,33)13-21(22)30)6-8-26(2)18(7-9-29(20,26)35)16-10-23(31)37-14-16/h10,15,17-22,25,30,33-35H,4-9,11-14H2,1-3H3. The molecule has 1 saturated heterocycles. The van der Waals surface area contributed by atoms with E-state index in [2.05, 4.69) is 6.92 Å². The van der Waals surface area contributed by atoms with Crippen LogP contribution in [0.15, 0.2) is 11.6 Å². The van der Waals surface area contributed by atoms with E-state index in [1.807, 2.05) is 0 Å². The van der Waals surface area contributed by atoms with Crippen LogP contribution < -0.4 is 0 Å². The molecule has 6 rings (SSSR count). The van der Waals surface area contributed by atoms with Gasteiger partial charge in [0.05, 0.1) is 36.6 Å². The molecule has 6 aliphatic rings. The van der Waals surface area contributed by atoms with Gasteiger partial charge in [-0.05, 0) is 81.1 Å². The lowest BCUT2D eigenvalue weighted by atomic mass is 9.46. The lowest BCUT2D eigenvalue weighted by molar-refractivity contribution is -0.279. The highest BCUT2D eigenvalue weighted by molar-refractivity contribution is 5.85. The number of cyclic esters (lactones) is 1. The topological polar surface area (TPSA) is 152 Å². The van der Waals surface area contributed by atoms with Gasteiger partial charge in [0.15, 0.2) is 6.29 Å². The third-order valence-corrected chi connectivity index (χ3v) is 11.6. The van der Waals surface area contributed by atoms with Crippen LogP contribution in [0, 0.1) is 29.1 Å².